The van der Waals surface area contributed by atoms with Gasteiger partial charge in [0, 0.05) is 12.7 Å². The maximum absolute atomic E-state index is 10.7. The molecule has 3 nitrogen and oxygen atoms in total. The number of hydrogen-bond donors (Lipinski definition) is 1. The van der Waals surface area contributed by atoms with Crippen LogP contribution in [0.3, 0.4) is 0 Å². The Kier molecular flexibility index (Phi) is 2.90. The fourth-order valence-electron chi connectivity index (χ4n) is 1.31. The second-order valence-electron chi connectivity index (χ2n) is 3.11. The van der Waals surface area contributed by atoms with E-state index in [0.717, 1.165) is 11.3 Å². The summed E-state index contributed by atoms with van der Waals surface area (Å²) in [7, 11) is 1.85. The van der Waals surface area contributed by atoms with Gasteiger partial charge >= 0.3 is 0 Å². The molecule has 13 heavy (non-hydrogen) atoms. The Labute approximate surface area is 78.2 Å². The molecule has 1 aromatic rings. The van der Waals surface area contributed by atoms with E-state index >= 15 is 0 Å². The Hall–Kier alpha value is -1.51. The van der Waals surface area contributed by atoms with Crippen LogP contribution in [0.2, 0.25) is 0 Å². The van der Waals surface area contributed by atoms with Crippen molar-refractivity contribution >= 4 is 11.6 Å². The first-order chi connectivity index (χ1) is 6.11. The van der Waals surface area contributed by atoms with Gasteiger partial charge in [-0.2, -0.15) is 0 Å². The van der Waals surface area contributed by atoms with Crippen LogP contribution in [0.4, 0.5) is 5.69 Å². The molecule has 0 aliphatic carbocycles. The molecule has 0 atom stereocenters. The molecule has 0 aromatic heterocycles. The normalized spacial score (nSPS) is 9.69. The standard InChI is InChI=1S/C10H14N2O/c1-8-5-3-4-6-9(8)12(2)7-10(11)13/h3-6H,7H2,1-2H3,(H2,11,13). The van der Waals surface area contributed by atoms with Crippen molar-refractivity contribution in [3.05, 3.63) is 29.8 Å². The van der Waals surface area contributed by atoms with Crippen LogP contribution in [0.15, 0.2) is 24.3 Å². The monoisotopic (exact) mass is 178 g/mol. The van der Waals surface area contributed by atoms with Crippen molar-refractivity contribution in [3.63, 3.8) is 0 Å². The maximum Gasteiger partial charge on any atom is 0.236 e. The van der Waals surface area contributed by atoms with E-state index < -0.39 is 0 Å². The number of nitrogens with two attached hydrogens (primary N) is 1. The molecular formula is C10H14N2O. The lowest BCUT2D eigenvalue weighted by molar-refractivity contribution is -0.116. The zero-order valence-corrected chi connectivity index (χ0v) is 7.95. The number of amides is 1. The number of hydrogen-bond acceptors (Lipinski definition) is 2. The number of anilines is 1. The van der Waals surface area contributed by atoms with Gasteiger partial charge < -0.3 is 10.6 Å². The number of carbonyl (C=O) groups excluding carboxylic acids is 1. The lowest BCUT2D eigenvalue weighted by atomic mass is 10.2. The summed E-state index contributed by atoms with van der Waals surface area (Å²) in [6.07, 6.45) is 0. The molecule has 0 unspecified atom stereocenters. The van der Waals surface area contributed by atoms with Crippen LogP contribution < -0.4 is 10.6 Å². The SMILES string of the molecule is Cc1ccccc1N(C)CC(N)=O. The van der Waals surface area contributed by atoms with Gasteiger partial charge in [-0.3, -0.25) is 4.79 Å². The molecule has 0 bridgehead atoms. The molecule has 1 rings (SSSR count). The van der Waals surface area contributed by atoms with Crippen LogP contribution >= 0.6 is 0 Å². The third kappa shape index (κ3) is 2.47. The molecule has 3 heteroatoms. The van der Waals surface area contributed by atoms with E-state index in [0.29, 0.717) is 0 Å². The van der Waals surface area contributed by atoms with Crippen molar-refractivity contribution in [2.75, 3.05) is 18.5 Å². The smallest absolute Gasteiger partial charge is 0.236 e. The zero-order chi connectivity index (χ0) is 9.84. The number of aryl methyl sites for hydroxylation is 1. The minimum absolute atomic E-state index is 0.255. The summed E-state index contributed by atoms with van der Waals surface area (Å²) >= 11 is 0. The van der Waals surface area contributed by atoms with Crippen molar-refractivity contribution in [2.45, 2.75) is 6.92 Å². The molecule has 0 saturated carbocycles. The molecule has 0 heterocycles. The number of rotatable bonds is 3. The van der Waals surface area contributed by atoms with Gasteiger partial charge in [0.2, 0.25) is 5.91 Å². The molecule has 0 radical (unpaired) electrons. The van der Waals surface area contributed by atoms with Gasteiger partial charge in [0.05, 0.1) is 6.54 Å². The Morgan fingerprint density at radius 2 is 2.08 bits per heavy atom. The molecule has 0 aliphatic heterocycles. The molecule has 0 fully saturated rings. The van der Waals surface area contributed by atoms with E-state index in [9.17, 15) is 4.79 Å². The van der Waals surface area contributed by atoms with E-state index in [1.807, 2.05) is 43.1 Å². The molecule has 1 aromatic carbocycles. The molecule has 1 amide bonds. The number of para-hydroxylation sites is 1. The number of nitrogens with zero attached hydrogens (tertiary/aromatic N) is 1. The Balaban J connectivity index is 2.82. The van der Waals surface area contributed by atoms with Crippen molar-refractivity contribution in [3.8, 4) is 0 Å². The predicted molar refractivity (Wildman–Crippen MR) is 53.6 cm³/mol. The topological polar surface area (TPSA) is 46.3 Å². The lowest BCUT2D eigenvalue weighted by Gasteiger charge is -2.19. The summed E-state index contributed by atoms with van der Waals surface area (Å²) in [6.45, 7) is 2.26. The van der Waals surface area contributed by atoms with Gasteiger partial charge in [0.25, 0.3) is 0 Å². The molecule has 0 spiro atoms. The fourth-order valence-corrected chi connectivity index (χ4v) is 1.31. The highest BCUT2D eigenvalue weighted by Crippen LogP contribution is 2.16. The summed E-state index contributed by atoms with van der Waals surface area (Å²) in [5, 5.41) is 0. The summed E-state index contributed by atoms with van der Waals surface area (Å²) in [5.41, 5.74) is 7.29. The highest BCUT2D eigenvalue weighted by Gasteiger charge is 2.05. The van der Waals surface area contributed by atoms with Gasteiger partial charge in [0.1, 0.15) is 0 Å². The Morgan fingerprint density at radius 3 is 2.62 bits per heavy atom. The highest BCUT2D eigenvalue weighted by atomic mass is 16.1. The van der Waals surface area contributed by atoms with Gasteiger partial charge in [0.15, 0.2) is 0 Å². The molecule has 2 N–H and O–H groups in total. The first-order valence-corrected chi connectivity index (χ1v) is 4.16. The summed E-state index contributed by atoms with van der Waals surface area (Å²) in [6, 6.07) is 7.89. The first-order valence-electron chi connectivity index (χ1n) is 4.16. The lowest BCUT2D eigenvalue weighted by Crippen LogP contribution is -2.30. The maximum atomic E-state index is 10.7. The largest absolute Gasteiger partial charge is 0.368 e. The van der Waals surface area contributed by atoms with Crippen molar-refractivity contribution < 1.29 is 4.79 Å². The van der Waals surface area contributed by atoms with Gasteiger partial charge in [-0.1, -0.05) is 18.2 Å². The van der Waals surface area contributed by atoms with Gasteiger partial charge in [-0.05, 0) is 18.6 Å². The third-order valence-corrected chi connectivity index (χ3v) is 1.92. The van der Waals surface area contributed by atoms with Crippen LogP contribution in [0.25, 0.3) is 0 Å². The van der Waals surface area contributed by atoms with Crippen LogP contribution in [-0.2, 0) is 4.79 Å². The molecule has 0 saturated heterocycles. The molecular weight excluding hydrogens is 164 g/mol. The quantitative estimate of drug-likeness (QED) is 0.748. The number of likely N-dealkylation sites (N-methyl/N-ethyl adjacent to an activating group) is 1. The van der Waals surface area contributed by atoms with Crippen LogP contribution in [0.1, 0.15) is 5.56 Å². The second kappa shape index (κ2) is 3.94. The minimum atomic E-state index is -0.314. The van der Waals surface area contributed by atoms with Crippen LogP contribution in [-0.4, -0.2) is 19.5 Å². The fraction of sp³-hybridized carbons (Fsp3) is 0.300. The molecule has 0 aliphatic rings. The Morgan fingerprint density at radius 1 is 1.46 bits per heavy atom. The van der Waals surface area contributed by atoms with E-state index in [-0.39, 0.29) is 12.5 Å². The molecule has 70 valence electrons. The van der Waals surface area contributed by atoms with Gasteiger partial charge in [-0.25, -0.2) is 0 Å². The van der Waals surface area contributed by atoms with Crippen molar-refractivity contribution in [1.29, 1.82) is 0 Å². The summed E-state index contributed by atoms with van der Waals surface area (Å²) in [4.78, 5) is 12.5. The van der Waals surface area contributed by atoms with Crippen molar-refractivity contribution in [2.24, 2.45) is 5.73 Å². The van der Waals surface area contributed by atoms with E-state index in [2.05, 4.69) is 0 Å². The summed E-state index contributed by atoms with van der Waals surface area (Å²) < 4.78 is 0. The predicted octanol–water partition coefficient (Wildman–Crippen LogP) is 0.917. The minimum Gasteiger partial charge on any atom is -0.368 e. The van der Waals surface area contributed by atoms with E-state index in [4.69, 9.17) is 5.73 Å². The van der Waals surface area contributed by atoms with Crippen LogP contribution in [0.5, 0.6) is 0 Å². The average molecular weight is 178 g/mol. The van der Waals surface area contributed by atoms with Crippen LogP contribution in [0, 0.1) is 6.92 Å². The van der Waals surface area contributed by atoms with E-state index in [1.54, 1.807) is 0 Å². The highest BCUT2D eigenvalue weighted by molar-refractivity contribution is 5.79. The van der Waals surface area contributed by atoms with E-state index in [1.165, 1.54) is 0 Å². The van der Waals surface area contributed by atoms with Gasteiger partial charge in [-0.15, -0.1) is 0 Å². The number of primary amides is 1. The number of carbonyl (C=O) groups is 1. The summed E-state index contributed by atoms with van der Waals surface area (Å²) in [5.74, 6) is -0.314. The zero-order valence-electron chi connectivity index (χ0n) is 7.95. The third-order valence-electron chi connectivity index (χ3n) is 1.92. The second-order valence-corrected chi connectivity index (χ2v) is 3.11. The first kappa shape index (κ1) is 9.58. The number of benzene rings is 1. The Bertz CT molecular complexity index is 310. The average Bonchev–Trinajstić information content (AvgIpc) is 2.03. The van der Waals surface area contributed by atoms with Crippen molar-refractivity contribution in [1.82, 2.24) is 0 Å².